The van der Waals surface area contributed by atoms with Gasteiger partial charge in [-0.25, -0.2) is 0 Å². The summed E-state index contributed by atoms with van der Waals surface area (Å²) < 4.78 is 10.8. The van der Waals surface area contributed by atoms with E-state index in [4.69, 9.17) is 6.13 Å². The second-order valence-corrected chi connectivity index (χ2v) is 5.91. The van der Waals surface area contributed by atoms with E-state index >= 15 is 0 Å². The Bertz CT molecular complexity index is 400. The summed E-state index contributed by atoms with van der Waals surface area (Å²) in [6, 6.07) is 7.01. The van der Waals surface area contributed by atoms with Crippen LogP contribution < -0.4 is 0 Å². The molecule has 0 bridgehead atoms. The molecule has 0 N–H and O–H groups in total. The predicted octanol–water partition coefficient (Wildman–Crippen LogP) is 1.93. The zero-order chi connectivity index (χ0) is 10.1. The maximum absolute atomic E-state index is 11.3. The summed E-state index contributed by atoms with van der Waals surface area (Å²) in [5.74, 6) is -0.785. The molecule has 1 aromatic rings. The van der Waals surface area contributed by atoms with E-state index in [0.717, 1.165) is 3.57 Å². The molecule has 74 valence electrons. The monoisotopic (exact) mass is 306 g/mol. The van der Waals surface area contributed by atoms with E-state index in [1.165, 1.54) is 6.92 Å². The average Bonchev–Trinajstić information content (AvgIpc) is 2.44. The minimum absolute atomic E-state index is 0.382. The number of halogens is 1. The molecular weight excluding hydrogens is 299 g/mol. The summed E-state index contributed by atoms with van der Waals surface area (Å²) in [5, 5.41) is 0. The molecule has 2 rings (SSSR count). The van der Waals surface area contributed by atoms with Crippen LogP contribution in [-0.2, 0) is 10.9 Å². The van der Waals surface area contributed by atoms with Crippen molar-refractivity contribution in [3.8, 4) is 0 Å². The van der Waals surface area contributed by atoms with Crippen molar-refractivity contribution in [1.82, 2.24) is 0 Å². The Hall–Kier alpha value is -1.11. The van der Waals surface area contributed by atoms with Gasteiger partial charge in [0.1, 0.15) is 0 Å². The van der Waals surface area contributed by atoms with E-state index in [0.29, 0.717) is 5.56 Å². The van der Waals surface area contributed by atoms with Gasteiger partial charge in [0, 0.05) is 0 Å². The summed E-state index contributed by atoms with van der Waals surface area (Å²) in [7, 11) is 0. The average molecular weight is 306 g/mol. The zero-order valence-corrected chi connectivity index (χ0v) is 9.48. The summed E-state index contributed by atoms with van der Waals surface area (Å²) in [6.07, 6.45) is 0. The summed E-state index contributed by atoms with van der Waals surface area (Å²) in [4.78, 5) is 22.0. The van der Waals surface area contributed by atoms with E-state index in [2.05, 4.69) is 0 Å². The van der Waals surface area contributed by atoms with Crippen molar-refractivity contribution >= 4 is 32.6 Å². The van der Waals surface area contributed by atoms with Gasteiger partial charge in [0.15, 0.2) is 0 Å². The third kappa shape index (κ3) is 1.59. The van der Waals surface area contributed by atoms with Crippen molar-refractivity contribution in [2.24, 2.45) is 0 Å². The van der Waals surface area contributed by atoms with Crippen LogP contribution in [0.4, 0.5) is 0 Å². The van der Waals surface area contributed by atoms with Crippen LogP contribution >= 0.6 is 20.6 Å². The Morgan fingerprint density at radius 1 is 1.43 bits per heavy atom. The second kappa shape index (κ2) is 3.56. The third-order valence-electron chi connectivity index (χ3n) is 1.58. The Morgan fingerprint density at radius 3 is 2.86 bits per heavy atom. The van der Waals surface area contributed by atoms with Crippen molar-refractivity contribution in [2.45, 2.75) is 6.92 Å². The van der Waals surface area contributed by atoms with Gasteiger partial charge in [-0.1, -0.05) is 0 Å². The van der Waals surface area contributed by atoms with E-state index < -0.39 is 26.6 Å². The molecule has 0 aliphatic carbocycles. The summed E-state index contributed by atoms with van der Waals surface area (Å²) in [6.45, 7) is 1.31. The molecule has 1 heterocycles. The molecule has 0 saturated carbocycles. The summed E-state index contributed by atoms with van der Waals surface area (Å²) in [5.41, 5.74) is 0.527. The van der Waals surface area contributed by atoms with Crippen molar-refractivity contribution in [1.29, 1.82) is 0 Å². The van der Waals surface area contributed by atoms with Crippen molar-refractivity contribution in [3.05, 3.63) is 33.4 Å². The van der Waals surface area contributed by atoms with Crippen LogP contribution in [-0.4, -0.2) is 11.9 Å². The first kappa shape index (κ1) is 9.45. The number of rotatable bonds is 1. The van der Waals surface area contributed by atoms with Gasteiger partial charge in [-0.3, -0.25) is 0 Å². The van der Waals surface area contributed by atoms with Crippen LogP contribution in [0, 0.1) is 3.57 Å². The fraction of sp³-hybridized carbons (Fsp3) is 0.111. The Balaban J connectivity index is 2.34. The van der Waals surface area contributed by atoms with E-state index in [9.17, 15) is 9.59 Å². The molecule has 0 saturated heterocycles. The topological polar surface area (TPSA) is 52.6 Å². The number of hydrogen-bond acceptors (Lipinski definition) is 4. The van der Waals surface area contributed by atoms with Crippen molar-refractivity contribution in [3.63, 3.8) is 0 Å². The number of carbonyl (C=O) groups excluding carboxylic acids is 2. The van der Waals surface area contributed by atoms with Gasteiger partial charge in [0.2, 0.25) is 0 Å². The van der Waals surface area contributed by atoms with Gasteiger partial charge in [0.25, 0.3) is 0 Å². The molecule has 1 aliphatic rings. The second-order valence-electron chi connectivity index (χ2n) is 2.63. The molecule has 0 amide bonds. The first-order chi connectivity index (χ1) is 6.68. The molecule has 0 unspecified atom stereocenters. The zero-order valence-electron chi connectivity index (χ0n) is 7.32. The van der Waals surface area contributed by atoms with Crippen LogP contribution in [0.15, 0.2) is 24.3 Å². The van der Waals surface area contributed by atoms with E-state index in [1.807, 2.05) is 0 Å². The Morgan fingerprint density at radius 2 is 2.14 bits per heavy atom. The molecule has 0 radical (unpaired) electrons. The maximum atomic E-state index is 11.3. The summed E-state index contributed by atoms with van der Waals surface area (Å²) >= 11 is -2.47. The number of hydrogen-bond donors (Lipinski definition) is 0. The molecule has 0 aromatic heterocycles. The van der Waals surface area contributed by atoms with Crippen LogP contribution in [0.3, 0.4) is 0 Å². The van der Waals surface area contributed by atoms with Gasteiger partial charge in [-0.2, -0.15) is 0 Å². The van der Waals surface area contributed by atoms with Crippen LogP contribution in [0.25, 0.3) is 0 Å². The predicted molar refractivity (Wildman–Crippen MR) is 56.3 cm³/mol. The molecule has 5 heteroatoms. The van der Waals surface area contributed by atoms with Crippen LogP contribution in [0.1, 0.15) is 17.3 Å². The van der Waals surface area contributed by atoms with Crippen molar-refractivity contribution < 1.29 is 15.7 Å². The third-order valence-corrected chi connectivity index (χ3v) is 5.29. The van der Waals surface area contributed by atoms with Gasteiger partial charge in [-0.05, 0) is 0 Å². The molecule has 14 heavy (non-hydrogen) atoms. The first-order valence-corrected chi connectivity index (χ1v) is 6.73. The molecule has 1 aliphatic heterocycles. The molecule has 1 aromatic carbocycles. The van der Waals surface area contributed by atoms with Gasteiger partial charge in [0.05, 0.1) is 0 Å². The first-order valence-electron chi connectivity index (χ1n) is 3.89. The number of fused-ring (bicyclic) bond motifs is 1. The fourth-order valence-corrected chi connectivity index (χ4v) is 4.17. The quantitative estimate of drug-likeness (QED) is 0.744. The Kier molecular flexibility index (Phi) is 2.40. The van der Waals surface area contributed by atoms with Crippen molar-refractivity contribution in [2.75, 3.05) is 0 Å². The molecule has 4 nitrogen and oxygen atoms in total. The molecule has 0 fully saturated rings. The van der Waals surface area contributed by atoms with Crippen LogP contribution in [0.5, 0.6) is 0 Å². The van der Waals surface area contributed by atoms with Crippen LogP contribution in [0.2, 0.25) is 0 Å². The van der Waals surface area contributed by atoms with E-state index in [-0.39, 0.29) is 5.97 Å². The SMILES string of the molecule is CC(=O)OI1OC(=O)c2ccccc21. The standard InChI is InChI=1S/C9H7IO4/c1-6(11)13-10-8-5-3-2-4-7(8)9(12)14-10/h2-5H,1H3. The number of benzene rings is 1. The molecule has 0 atom stereocenters. The fourth-order valence-electron chi connectivity index (χ4n) is 1.06. The Labute approximate surface area is 88.7 Å². The molecular formula is C9H7IO4. The van der Waals surface area contributed by atoms with Gasteiger partial charge >= 0.3 is 88.6 Å². The van der Waals surface area contributed by atoms with Gasteiger partial charge < -0.3 is 0 Å². The molecule has 0 spiro atoms. The number of carbonyl (C=O) groups is 2. The normalized spacial score (nSPS) is 16.1. The van der Waals surface area contributed by atoms with E-state index in [1.54, 1.807) is 24.3 Å². The van der Waals surface area contributed by atoms with Gasteiger partial charge in [-0.15, -0.1) is 0 Å². The minimum atomic E-state index is -2.47.